The van der Waals surface area contributed by atoms with Crippen LogP contribution in [0.25, 0.3) is 0 Å². The van der Waals surface area contributed by atoms with Crippen LogP contribution in [0.3, 0.4) is 0 Å². The largest absolute Gasteiger partial charge is 0.384 e. The first-order valence-electron chi connectivity index (χ1n) is 10.1. The van der Waals surface area contributed by atoms with Crippen molar-refractivity contribution in [3.63, 3.8) is 0 Å². The summed E-state index contributed by atoms with van der Waals surface area (Å²) in [7, 11) is 0. The highest BCUT2D eigenvalue weighted by Gasteiger charge is 2.44. The molecule has 0 saturated heterocycles. The topological polar surface area (TPSA) is 113 Å². The Kier molecular flexibility index (Phi) is 5.39. The fourth-order valence-electron chi connectivity index (χ4n) is 4.52. The standard InChI is InChI=1S/C24H21BrN4O3/c1-24(2)11-19-22(20(30)12-24)21(14-3-7-17(8-4-14)29(31)32)18(13-26)23(27)28(19)16-9-5-15(25)6-10-16/h3-10,21H,11-12,27H2,1-2H3/t21-/m0/s1. The molecule has 7 nitrogen and oxygen atoms in total. The maximum Gasteiger partial charge on any atom is 0.269 e. The van der Waals surface area contributed by atoms with E-state index in [2.05, 4.69) is 22.0 Å². The molecule has 0 fully saturated rings. The lowest BCUT2D eigenvalue weighted by molar-refractivity contribution is -0.384. The number of non-ortho nitro benzene ring substituents is 1. The van der Waals surface area contributed by atoms with Gasteiger partial charge in [-0.3, -0.25) is 19.8 Å². The van der Waals surface area contributed by atoms with Crippen LogP contribution in [0.4, 0.5) is 11.4 Å². The van der Waals surface area contributed by atoms with Gasteiger partial charge < -0.3 is 5.73 Å². The number of anilines is 1. The number of carbonyl (C=O) groups is 1. The molecule has 1 heterocycles. The molecule has 0 aromatic heterocycles. The Morgan fingerprint density at radius 2 is 1.78 bits per heavy atom. The lowest BCUT2D eigenvalue weighted by Gasteiger charge is -2.43. The van der Waals surface area contributed by atoms with E-state index < -0.39 is 10.8 Å². The van der Waals surface area contributed by atoms with Gasteiger partial charge in [0.15, 0.2) is 5.78 Å². The molecule has 0 unspecified atom stereocenters. The van der Waals surface area contributed by atoms with Crippen molar-refractivity contribution in [1.29, 1.82) is 5.26 Å². The molecule has 0 radical (unpaired) electrons. The highest BCUT2D eigenvalue weighted by atomic mass is 79.9. The summed E-state index contributed by atoms with van der Waals surface area (Å²) in [5.74, 6) is -0.435. The molecule has 162 valence electrons. The minimum Gasteiger partial charge on any atom is -0.384 e. The van der Waals surface area contributed by atoms with E-state index in [1.165, 1.54) is 12.1 Å². The molecule has 32 heavy (non-hydrogen) atoms. The number of nitrogens with two attached hydrogens (primary N) is 1. The molecule has 0 bridgehead atoms. The van der Waals surface area contributed by atoms with E-state index >= 15 is 0 Å². The highest BCUT2D eigenvalue weighted by molar-refractivity contribution is 9.10. The second-order valence-electron chi connectivity index (χ2n) is 8.81. The fourth-order valence-corrected chi connectivity index (χ4v) is 4.78. The highest BCUT2D eigenvalue weighted by Crippen LogP contribution is 2.50. The molecule has 1 aliphatic heterocycles. The van der Waals surface area contributed by atoms with Crippen molar-refractivity contribution in [3.05, 3.63) is 91.3 Å². The molecule has 8 heteroatoms. The molecule has 0 saturated carbocycles. The lowest BCUT2D eigenvalue weighted by Crippen LogP contribution is -2.42. The summed E-state index contributed by atoms with van der Waals surface area (Å²) in [6.07, 6.45) is 0.954. The van der Waals surface area contributed by atoms with Crippen LogP contribution in [0.15, 0.2) is 75.7 Å². The van der Waals surface area contributed by atoms with Crippen molar-refractivity contribution in [3.8, 4) is 6.07 Å². The summed E-state index contributed by atoms with van der Waals surface area (Å²) in [6.45, 7) is 4.07. The Hall–Kier alpha value is -3.44. The third-order valence-corrected chi connectivity index (χ3v) is 6.43. The van der Waals surface area contributed by atoms with Gasteiger partial charge in [0, 0.05) is 40.0 Å². The number of rotatable bonds is 3. The van der Waals surface area contributed by atoms with E-state index in [-0.39, 0.29) is 28.3 Å². The van der Waals surface area contributed by atoms with E-state index in [0.29, 0.717) is 24.0 Å². The first kappa shape index (κ1) is 21.8. The summed E-state index contributed by atoms with van der Waals surface area (Å²) >= 11 is 3.43. The van der Waals surface area contributed by atoms with Crippen molar-refractivity contribution < 1.29 is 9.72 Å². The van der Waals surface area contributed by atoms with Crippen LogP contribution in [0.1, 0.15) is 38.2 Å². The number of nitro groups is 1. The number of nitro benzene ring substituents is 1. The lowest BCUT2D eigenvalue weighted by atomic mass is 9.68. The van der Waals surface area contributed by atoms with Crippen LogP contribution in [0.2, 0.25) is 0 Å². The average Bonchev–Trinajstić information content (AvgIpc) is 2.73. The third kappa shape index (κ3) is 3.69. The minimum atomic E-state index is -0.661. The Bertz CT molecular complexity index is 1220. The molecule has 2 aromatic rings. The van der Waals surface area contributed by atoms with Gasteiger partial charge in [0.2, 0.25) is 0 Å². The zero-order valence-corrected chi connectivity index (χ0v) is 19.2. The van der Waals surface area contributed by atoms with Gasteiger partial charge in [-0.2, -0.15) is 5.26 Å². The zero-order valence-electron chi connectivity index (χ0n) is 17.6. The van der Waals surface area contributed by atoms with Crippen LogP contribution in [-0.4, -0.2) is 10.7 Å². The van der Waals surface area contributed by atoms with Crippen molar-refractivity contribution in [2.75, 3.05) is 4.90 Å². The Balaban J connectivity index is 1.96. The SMILES string of the molecule is CC1(C)CC(=O)C2=C(C1)N(c1ccc(Br)cc1)C(N)=C(C#N)[C@@H]2c1ccc([N+](=O)[O-])cc1. The van der Waals surface area contributed by atoms with Crippen LogP contribution in [0.5, 0.6) is 0 Å². The van der Waals surface area contributed by atoms with Gasteiger partial charge in [-0.25, -0.2) is 0 Å². The normalized spacial score (nSPS) is 20.1. The molecule has 0 spiro atoms. The summed E-state index contributed by atoms with van der Waals surface area (Å²) in [6, 6.07) is 15.7. The number of halogens is 1. The second-order valence-corrected chi connectivity index (χ2v) is 9.72. The van der Waals surface area contributed by atoms with Gasteiger partial charge in [-0.15, -0.1) is 0 Å². The molecular formula is C24H21BrN4O3. The monoisotopic (exact) mass is 492 g/mol. The van der Waals surface area contributed by atoms with Gasteiger partial charge in [0.1, 0.15) is 5.82 Å². The maximum absolute atomic E-state index is 13.4. The molecule has 4 rings (SSSR count). The number of ketones is 1. The Morgan fingerprint density at radius 1 is 1.16 bits per heavy atom. The maximum atomic E-state index is 13.4. The number of benzene rings is 2. The van der Waals surface area contributed by atoms with Gasteiger partial charge in [0.25, 0.3) is 5.69 Å². The fraction of sp³-hybridized carbons (Fsp3) is 0.250. The zero-order chi connectivity index (χ0) is 23.2. The van der Waals surface area contributed by atoms with Gasteiger partial charge in [0.05, 0.1) is 22.5 Å². The van der Waals surface area contributed by atoms with Crippen molar-refractivity contribution in [1.82, 2.24) is 0 Å². The number of Topliss-reactive ketones (excluding diaryl/α,β-unsaturated/α-hetero) is 1. The Morgan fingerprint density at radius 3 is 2.34 bits per heavy atom. The van der Waals surface area contributed by atoms with Gasteiger partial charge in [-0.1, -0.05) is 41.9 Å². The molecule has 2 N–H and O–H groups in total. The number of allylic oxidation sites excluding steroid dienone is 3. The molecule has 1 atom stereocenters. The summed E-state index contributed by atoms with van der Waals surface area (Å²) in [4.78, 5) is 25.8. The number of hydrogen-bond acceptors (Lipinski definition) is 6. The molecule has 2 aliphatic rings. The van der Waals surface area contributed by atoms with Crippen molar-refractivity contribution in [2.45, 2.75) is 32.6 Å². The van der Waals surface area contributed by atoms with Gasteiger partial charge in [-0.05, 0) is 41.7 Å². The summed E-state index contributed by atoms with van der Waals surface area (Å²) in [5, 5.41) is 21.1. The van der Waals surface area contributed by atoms with E-state index in [1.807, 2.05) is 38.1 Å². The number of nitriles is 1. The number of nitrogens with zero attached hydrogens (tertiary/aromatic N) is 3. The first-order valence-corrected chi connectivity index (χ1v) is 10.9. The average molecular weight is 493 g/mol. The molecule has 2 aromatic carbocycles. The first-order chi connectivity index (χ1) is 15.1. The van der Waals surface area contributed by atoms with Crippen LogP contribution < -0.4 is 10.6 Å². The van der Waals surface area contributed by atoms with E-state index in [4.69, 9.17) is 5.73 Å². The van der Waals surface area contributed by atoms with Crippen LogP contribution in [-0.2, 0) is 4.79 Å². The minimum absolute atomic E-state index is 0.0398. The molecule has 1 aliphatic carbocycles. The van der Waals surface area contributed by atoms with Gasteiger partial charge >= 0.3 is 0 Å². The summed E-state index contributed by atoms with van der Waals surface area (Å²) in [5.41, 5.74) is 9.20. The van der Waals surface area contributed by atoms with Crippen LogP contribution in [0, 0.1) is 26.9 Å². The smallest absolute Gasteiger partial charge is 0.269 e. The number of hydrogen-bond donors (Lipinski definition) is 1. The van der Waals surface area contributed by atoms with E-state index in [1.54, 1.807) is 17.0 Å². The van der Waals surface area contributed by atoms with Crippen molar-refractivity contribution in [2.24, 2.45) is 11.1 Å². The Labute approximate surface area is 194 Å². The second kappa shape index (κ2) is 7.92. The number of carbonyl (C=O) groups excluding carboxylic acids is 1. The molecular weight excluding hydrogens is 472 g/mol. The predicted octanol–water partition coefficient (Wildman–Crippen LogP) is 5.30. The third-order valence-electron chi connectivity index (χ3n) is 5.90. The van der Waals surface area contributed by atoms with Crippen LogP contribution >= 0.6 is 15.9 Å². The molecule has 0 amide bonds. The van der Waals surface area contributed by atoms with E-state index in [0.717, 1.165) is 15.9 Å². The summed E-state index contributed by atoms with van der Waals surface area (Å²) < 4.78 is 0.902. The quantitative estimate of drug-likeness (QED) is 0.459. The predicted molar refractivity (Wildman–Crippen MR) is 124 cm³/mol. The van der Waals surface area contributed by atoms with E-state index in [9.17, 15) is 20.2 Å². The van der Waals surface area contributed by atoms with Crippen molar-refractivity contribution >= 4 is 33.1 Å².